The van der Waals surface area contributed by atoms with E-state index in [1.54, 1.807) is 0 Å². The van der Waals surface area contributed by atoms with Gasteiger partial charge in [0.15, 0.2) is 11.9 Å². The third-order valence-electron chi connectivity index (χ3n) is 2.52. The molecule has 1 unspecified atom stereocenters. The Morgan fingerprint density at radius 3 is 2.64 bits per heavy atom. The predicted octanol–water partition coefficient (Wildman–Crippen LogP) is 2.58. The molecule has 74 valence electrons. The van der Waals surface area contributed by atoms with Crippen molar-refractivity contribution in [1.29, 1.82) is 0 Å². The number of hydrogen-bond donors (Lipinski definition) is 0. The van der Waals surface area contributed by atoms with Gasteiger partial charge >= 0.3 is 0 Å². The molecule has 14 heavy (non-hydrogen) atoms. The van der Waals surface area contributed by atoms with Gasteiger partial charge in [-0.2, -0.15) is 0 Å². The van der Waals surface area contributed by atoms with E-state index >= 15 is 0 Å². The molecule has 0 amide bonds. The zero-order valence-electron chi connectivity index (χ0n) is 8.11. The Hall–Kier alpha value is -1.31. The minimum atomic E-state index is -0.203. The van der Waals surface area contributed by atoms with Crippen LogP contribution in [-0.2, 0) is 4.79 Å². The molecule has 0 aromatic heterocycles. The first-order chi connectivity index (χ1) is 6.86. The van der Waals surface area contributed by atoms with Gasteiger partial charge in [-0.1, -0.05) is 18.2 Å². The van der Waals surface area contributed by atoms with Crippen LogP contribution in [0, 0.1) is 0 Å². The third-order valence-corrected chi connectivity index (χ3v) is 2.52. The van der Waals surface area contributed by atoms with Crippen LogP contribution < -0.4 is 4.74 Å². The number of Topliss-reactive ketones (excluding diaryl/α,β-unsaturated/α-hetero) is 1. The van der Waals surface area contributed by atoms with Crippen molar-refractivity contribution in [3.05, 3.63) is 30.3 Å². The molecule has 0 radical (unpaired) electrons. The fraction of sp³-hybridized carbons (Fsp3) is 0.417. The van der Waals surface area contributed by atoms with E-state index in [-0.39, 0.29) is 11.9 Å². The normalized spacial score (nSPS) is 22.0. The van der Waals surface area contributed by atoms with E-state index in [0.717, 1.165) is 25.0 Å². The monoisotopic (exact) mass is 190 g/mol. The van der Waals surface area contributed by atoms with Crippen molar-refractivity contribution in [3.63, 3.8) is 0 Å². The van der Waals surface area contributed by atoms with Crippen LogP contribution in [0.15, 0.2) is 30.3 Å². The summed E-state index contributed by atoms with van der Waals surface area (Å²) >= 11 is 0. The molecule has 1 atom stereocenters. The van der Waals surface area contributed by atoms with Gasteiger partial charge in [0.05, 0.1) is 0 Å². The Balaban J connectivity index is 2.00. The minimum absolute atomic E-state index is 0.203. The van der Waals surface area contributed by atoms with Crippen LogP contribution >= 0.6 is 0 Å². The molecule has 0 N–H and O–H groups in total. The average molecular weight is 190 g/mol. The van der Waals surface area contributed by atoms with Crippen LogP contribution in [0.3, 0.4) is 0 Å². The molecule has 1 aromatic rings. The molecule has 0 heterocycles. The summed E-state index contributed by atoms with van der Waals surface area (Å²) in [6, 6.07) is 9.56. The summed E-state index contributed by atoms with van der Waals surface area (Å²) in [6.07, 6.45) is 3.47. The van der Waals surface area contributed by atoms with Crippen LogP contribution in [0.5, 0.6) is 5.75 Å². The molecule has 0 bridgehead atoms. The van der Waals surface area contributed by atoms with E-state index in [4.69, 9.17) is 4.74 Å². The van der Waals surface area contributed by atoms with E-state index in [9.17, 15) is 4.79 Å². The molecule has 1 aromatic carbocycles. The molecule has 2 heteroatoms. The molecule has 2 nitrogen and oxygen atoms in total. The zero-order valence-corrected chi connectivity index (χ0v) is 8.11. The fourth-order valence-corrected chi connectivity index (χ4v) is 1.74. The Kier molecular flexibility index (Phi) is 2.82. The Morgan fingerprint density at radius 1 is 1.14 bits per heavy atom. The van der Waals surface area contributed by atoms with Gasteiger partial charge in [0.1, 0.15) is 5.75 Å². The molecular weight excluding hydrogens is 176 g/mol. The second-order valence-electron chi connectivity index (χ2n) is 3.63. The maximum absolute atomic E-state index is 11.5. The largest absolute Gasteiger partial charge is 0.483 e. The smallest absolute Gasteiger partial charge is 0.173 e. The van der Waals surface area contributed by atoms with Crippen molar-refractivity contribution in [1.82, 2.24) is 0 Å². The lowest BCUT2D eigenvalue weighted by atomic mass is 9.96. The van der Waals surface area contributed by atoms with Gasteiger partial charge in [-0.25, -0.2) is 0 Å². The quantitative estimate of drug-likeness (QED) is 0.716. The van der Waals surface area contributed by atoms with Gasteiger partial charge in [0, 0.05) is 6.42 Å². The molecular formula is C12H14O2. The van der Waals surface area contributed by atoms with Crippen molar-refractivity contribution in [2.45, 2.75) is 31.8 Å². The highest BCUT2D eigenvalue weighted by molar-refractivity contribution is 5.84. The highest BCUT2D eigenvalue weighted by Crippen LogP contribution is 2.20. The summed E-state index contributed by atoms with van der Waals surface area (Å²) < 4.78 is 5.62. The van der Waals surface area contributed by atoms with Crippen LogP contribution in [0.2, 0.25) is 0 Å². The maximum Gasteiger partial charge on any atom is 0.173 e. The fourth-order valence-electron chi connectivity index (χ4n) is 1.74. The van der Waals surface area contributed by atoms with Crippen molar-refractivity contribution in [2.24, 2.45) is 0 Å². The maximum atomic E-state index is 11.5. The van der Waals surface area contributed by atoms with E-state index < -0.39 is 0 Å². The van der Waals surface area contributed by atoms with Crippen molar-refractivity contribution in [3.8, 4) is 5.75 Å². The van der Waals surface area contributed by atoms with E-state index in [1.165, 1.54) is 0 Å². The van der Waals surface area contributed by atoms with Crippen molar-refractivity contribution >= 4 is 5.78 Å². The SMILES string of the molecule is O=C1CCCCC1Oc1ccccc1. The van der Waals surface area contributed by atoms with Crippen LogP contribution in [0.4, 0.5) is 0 Å². The topological polar surface area (TPSA) is 26.3 Å². The number of carbonyl (C=O) groups is 1. The minimum Gasteiger partial charge on any atom is -0.483 e. The first-order valence-corrected chi connectivity index (χ1v) is 5.11. The summed E-state index contributed by atoms with van der Waals surface area (Å²) in [7, 11) is 0. The second kappa shape index (κ2) is 4.27. The first kappa shape index (κ1) is 9.25. The second-order valence-corrected chi connectivity index (χ2v) is 3.63. The van der Waals surface area contributed by atoms with Crippen molar-refractivity contribution in [2.75, 3.05) is 0 Å². The number of ketones is 1. The van der Waals surface area contributed by atoms with Gasteiger partial charge in [0.2, 0.25) is 0 Å². The van der Waals surface area contributed by atoms with Crippen LogP contribution in [-0.4, -0.2) is 11.9 Å². The standard InChI is InChI=1S/C12H14O2/c13-11-8-4-5-9-12(11)14-10-6-2-1-3-7-10/h1-3,6-7,12H,4-5,8-9H2. The first-order valence-electron chi connectivity index (χ1n) is 5.11. The number of rotatable bonds is 2. The molecule has 0 saturated heterocycles. The zero-order chi connectivity index (χ0) is 9.80. The summed E-state index contributed by atoms with van der Waals surface area (Å²) in [5.41, 5.74) is 0. The average Bonchev–Trinajstić information content (AvgIpc) is 2.23. The summed E-state index contributed by atoms with van der Waals surface area (Å²) in [4.78, 5) is 11.5. The molecule has 0 spiro atoms. The molecule has 1 fully saturated rings. The van der Waals surface area contributed by atoms with Crippen LogP contribution in [0.25, 0.3) is 0 Å². The van der Waals surface area contributed by atoms with E-state index in [2.05, 4.69) is 0 Å². The lowest BCUT2D eigenvalue weighted by molar-refractivity contribution is -0.127. The highest BCUT2D eigenvalue weighted by Gasteiger charge is 2.23. The number of para-hydroxylation sites is 1. The molecule has 1 saturated carbocycles. The van der Waals surface area contributed by atoms with Gasteiger partial charge in [0.25, 0.3) is 0 Å². The molecule has 1 aliphatic carbocycles. The summed E-state index contributed by atoms with van der Waals surface area (Å²) in [5.74, 6) is 1.05. The van der Waals surface area contributed by atoms with Crippen LogP contribution in [0.1, 0.15) is 25.7 Å². The summed E-state index contributed by atoms with van der Waals surface area (Å²) in [6.45, 7) is 0. The molecule has 1 aliphatic rings. The van der Waals surface area contributed by atoms with E-state index in [1.807, 2.05) is 30.3 Å². The Bertz CT molecular complexity index is 305. The lowest BCUT2D eigenvalue weighted by Gasteiger charge is -2.21. The van der Waals surface area contributed by atoms with Crippen molar-refractivity contribution < 1.29 is 9.53 Å². The van der Waals surface area contributed by atoms with Gasteiger partial charge < -0.3 is 4.74 Å². The van der Waals surface area contributed by atoms with E-state index in [0.29, 0.717) is 6.42 Å². The van der Waals surface area contributed by atoms with Gasteiger partial charge in [-0.15, -0.1) is 0 Å². The number of ether oxygens (including phenoxy) is 1. The Morgan fingerprint density at radius 2 is 1.93 bits per heavy atom. The number of carbonyl (C=O) groups excluding carboxylic acids is 1. The molecule has 2 rings (SSSR count). The highest BCUT2D eigenvalue weighted by atomic mass is 16.5. The van der Waals surface area contributed by atoms with Gasteiger partial charge in [-0.3, -0.25) is 4.79 Å². The number of benzene rings is 1. The molecule has 0 aliphatic heterocycles. The predicted molar refractivity (Wildman–Crippen MR) is 54.3 cm³/mol. The Labute approximate surface area is 83.9 Å². The lowest BCUT2D eigenvalue weighted by Crippen LogP contribution is -2.30. The summed E-state index contributed by atoms with van der Waals surface area (Å²) in [5, 5.41) is 0. The third kappa shape index (κ3) is 2.13. The number of hydrogen-bond acceptors (Lipinski definition) is 2. The van der Waals surface area contributed by atoms with Gasteiger partial charge in [-0.05, 0) is 31.4 Å².